The Bertz CT molecular complexity index is 194. The van der Waals surface area contributed by atoms with Gasteiger partial charge in [0, 0.05) is 13.0 Å². The highest BCUT2D eigenvalue weighted by atomic mass is 16.2. The van der Waals surface area contributed by atoms with Gasteiger partial charge in [-0.25, -0.2) is 0 Å². The van der Waals surface area contributed by atoms with Gasteiger partial charge in [0.15, 0.2) is 0 Å². The number of rotatable bonds is 7. The van der Waals surface area contributed by atoms with Crippen LogP contribution in [0.3, 0.4) is 0 Å². The number of hydrogen-bond donors (Lipinski definition) is 3. The van der Waals surface area contributed by atoms with Gasteiger partial charge >= 0.3 is 0 Å². The first kappa shape index (κ1) is 12.9. The smallest absolute Gasteiger partial charge is 0.236 e. The molecule has 0 spiro atoms. The first-order valence-electron chi connectivity index (χ1n) is 4.89. The Balaban J connectivity index is 3.36. The van der Waals surface area contributed by atoms with Crippen molar-refractivity contribution in [3.63, 3.8) is 0 Å². The molecule has 0 aromatic heterocycles. The molecule has 0 heterocycles. The number of nitrogens with two attached hydrogens (primary N) is 2. The molecule has 0 radical (unpaired) electrons. The lowest BCUT2D eigenvalue weighted by Gasteiger charge is -2.09. The Hall–Kier alpha value is -1.10. The number of nitrogens with one attached hydrogen (secondary N) is 1. The molecule has 0 saturated carbocycles. The van der Waals surface area contributed by atoms with E-state index in [4.69, 9.17) is 11.5 Å². The Morgan fingerprint density at radius 1 is 1.36 bits per heavy atom. The average molecular weight is 201 g/mol. The standard InChI is InChI=1S/C9H19N3O2/c1-2-7(10)9(14)12-6-4-3-5-8(11)13/h7H,2-6,10H2,1H3,(H2,11,13)(H,12,14)/t7-/m0/s1. The fraction of sp³-hybridized carbons (Fsp3) is 0.778. The molecule has 82 valence electrons. The van der Waals surface area contributed by atoms with E-state index in [2.05, 4.69) is 5.32 Å². The van der Waals surface area contributed by atoms with Gasteiger partial charge in [0.2, 0.25) is 11.8 Å². The molecule has 0 aromatic carbocycles. The summed E-state index contributed by atoms with van der Waals surface area (Å²) in [4.78, 5) is 21.5. The largest absolute Gasteiger partial charge is 0.370 e. The van der Waals surface area contributed by atoms with Gasteiger partial charge in [0.05, 0.1) is 6.04 Å². The Morgan fingerprint density at radius 3 is 2.50 bits per heavy atom. The summed E-state index contributed by atoms with van der Waals surface area (Å²) in [7, 11) is 0. The quantitative estimate of drug-likeness (QED) is 0.484. The van der Waals surface area contributed by atoms with Crippen LogP contribution in [0, 0.1) is 0 Å². The predicted molar refractivity (Wildman–Crippen MR) is 54.3 cm³/mol. The molecule has 2 amide bonds. The summed E-state index contributed by atoms with van der Waals surface area (Å²) in [5.41, 5.74) is 10.5. The number of carbonyl (C=O) groups excluding carboxylic acids is 2. The van der Waals surface area contributed by atoms with Gasteiger partial charge < -0.3 is 16.8 Å². The zero-order chi connectivity index (χ0) is 11.0. The number of hydrogen-bond acceptors (Lipinski definition) is 3. The van der Waals surface area contributed by atoms with Crippen LogP contribution >= 0.6 is 0 Å². The van der Waals surface area contributed by atoms with Crippen molar-refractivity contribution >= 4 is 11.8 Å². The Morgan fingerprint density at radius 2 is 2.00 bits per heavy atom. The molecular weight excluding hydrogens is 182 g/mol. The fourth-order valence-corrected chi connectivity index (χ4v) is 0.952. The summed E-state index contributed by atoms with van der Waals surface area (Å²) in [6, 6.07) is -0.425. The SMILES string of the molecule is CC[C@H](N)C(=O)NCCCCC(N)=O. The molecule has 5 nitrogen and oxygen atoms in total. The van der Waals surface area contributed by atoms with Gasteiger partial charge in [-0.15, -0.1) is 0 Å². The molecule has 0 fully saturated rings. The van der Waals surface area contributed by atoms with Gasteiger partial charge in [-0.2, -0.15) is 0 Å². The monoisotopic (exact) mass is 201 g/mol. The van der Waals surface area contributed by atoms with Crippen molar-refractivity contribution in [2.45, 2.75) is 38.6 Å². The van der Waals surface area contributed by atoms with Crippen LogP contribution in [0.4, 0.5) is 0 Å². The molecule has 0 aliphatic carbocycles. The van der Waals surface area contributed by atoms with Crippen molar-refractivity contribution in [1.29, 1.82) is 0 Å². The van der Waals surface area contributed by atoms with Crippen LogP contribution in [0.15, 0.2) is 0 Å². The molecule has 1 atom stereocenters. The van der Waals surface area contributed by atoms with E-state index in [9.17, 15) is 9.59 Å². The predicted octanol–water partition coefficient (Wildman–Crippen LogP) is -0.505. The molecule has 0 saturated heterocycles. The minimum atomic E-state index is -0.425. The van der Waals surface area contributed by atoms with Gasteiger partial charge in [-0.1, -0.05) is 6.92 Å². The van der Waals surface area contributed by atoms with E-state index in [-0.39, 0.29) is 11.8 Å². The fourth-order valence-electron chi connectivity index (χ4n) is 0.952. The normalized spacial score (nSPS) is 12.1. The molecule has 0 aliphatic heterocycles. The molecule has 0 aromatic rings. The zero-order valence-electron chi connectivity index (χ0n) is 8.58. The lowest BCUT2D eigenvalue weighted by atomic mass is 10.2. The van der Waals surface area contributed by atoms with Crippen LogP contribution in [0.2, 0.25) is 0 Å². The summed E-state index contributed by atoms with van der Waals surface area (Å²) >= 11 is 0. The third-order valence-electron chi connectivity index (χ3n) is 1.93. The van der Waals surface area contributed by atoms with Crippen molar-refractivity contribution in [2.75, 3.05) is 6.54 Å². The van der Waals surface area contributed by atoms with Gasteiger partial charge in [0.1, 0.15) is 0 Å². The van der Waals surface area contributed by atoms with Gasteiger partial charge in [-0.3, -0.25) is 9.59 Å². The molecule has 0 bridgehead atoms. The van der Waals surface area contributed by atoms with Gasteiger partial charge in [0.25, 0.3) is 0 Å². The lowest BCUT2D eigenvalue weighted by molar-refractivity contribution is -0.122. The van der Waals surface area contributed by atoms with Crippen molar-refractivity contribution in [1.82, 2.24) is 5.32 Å². The van der Waals surface area contributed by atoms with Crippen molar-refractivity contribution in [3.05, 3.63) is 0 Å². The molecule has 0 unspecified atom stereocenters. The molecule has 5 heteroatoms. The van der Waals surface area contributed by atoms with E-state index in [0.717, 1.165) is 6.42 Å². The summed E-state index contributed by atoms with van der Waals surface area (Å²) in [5, 5.41) is 2.69. The maximum atomic E-state index is 11.1. The number of carbonyl (C=O) groups is 2. The number of amides is 2. The van der Waals surface area contributed by atoms with E-state index in [1.165, 1.54) is 0 Å². The highest BCUT2D eigenvalue weighted by molar-refractivity contribution is 5.81. The van der Waals surface area contributed by atoms with Crippen LogP contribution in [0.25, 0.3) is 0 Å². The third kappa shape index (κ3) is 6.42. The van der Waals surface area contributed by atoms with E-state index >= 15 is 0 Å². The summed E-state index contributed by atoms with van der Waals surface area (Å²) in [6.45, 7) is 2.41. The molecular formula is C9H19N3O2. The van der Waals surface area contributed by atoms with E-state index in [1.54, 1.807) is 0 Å². The number of primary amides is 1. The van der Waals surface area contributed by atoms with Crippen LogP contribution in [0.1, 0.15) is 32.6 Å². The van der Waals surface area contributed by atoms with Crippen molar-refractivity contribution < 1.29 is 9.59 Å². The van der Waals surface area contributed by atoms with E-state index < -0.39 is 6.04 Å². The highest BCUT2D eigenvalue weighted by Gasteiger charge is 2.08. The minimum absolute atomic E-state index is 0.133. The zero-order valence-corrected chi connectivity index (χ0v) is 8.58. The lowest BCUT2D eigenvalue weighted by Crippen LogP contribution is -2.40. The van der Waals surface area contributed by atoms with Crippen LogP contribution in [-0.4, -0.2) is 24.4 Å². The Labute approximate surface area is 84.2 Å². The topological polar surface area (TPSA) is 98.2 Å². The minimum Gasteiger partial charge on any atom is -0.370 e. The number of unbranched alkanes of at least 4 members (excludes halogenated alkanes) is 1. The second-order valence-corrected chi connectivity index (χ2v) is 3.23. The van der Waals surface area contributed by atoms with Crippen molar-refractivity contribution in [3.8, 4) is 0 Å². The Kier molecular flexibility index (Phi) is 6.74. The maximum Gasteiger partial charge on any atom is 0.236 e. The van der Waals surface area contributed by atoms with Crippen LogP contribution in [0.5, 0.6) is 0 Å². The maximum absolute atomic E-state index is 11.1. The third-order valence-corrected chi connectivity index (χ3v) is 1.93. The van der Waals surface area contributed by atoms with E-state index in [1.807, 2.05) is 6.92 Å². The van der Waals surface area contributed by atoms with Crippen LogP contribution in [-0.2, 0) is 9.59 Å². The molecule has 14 heavy (non-hydrogen) atoms. The first-order chi connectivity index (χ1) is 6.57. The van der Waals surface area contributed by atoms with Crippen LogP contribution < -0.4 is 16.8 Å². The molecule has 0 rings (SSSR count). The summed E-state index contributed by atoms with van der Waals surface area (Å²) in [5.74, 6) is -0.437. The summed E-state index contributed by atoms with van der Waals surface area (Å²) in [6.07, 6.45) is 2.46. The average Bonchev–Trinajstić information content (AvgIpc) is 2.15. The second kappa shape index (κ2) is 7.32. The second-order valence-electron chi connectivity index (χ2n) is 3.23. The molecule has 0 aliphatic rings. The molecule has 5 N–H and O–H groups in total. The summed E-state index contributed by atoms with van der Waals surface area (Å²) < 4.78 is 0. The van der Waals surface area contributed by atoms with Crippen molar-refractivity contribution in [2.24, 2.45) is 11.5 Å². The first-order valence-corrected chi connectivity index (χ1v) is 4.89. The van der Waals surface area contributed by atoms with Gasteiger partial charge in [-0.05, 0) is 19.3 Å². The highest BCUT2D eigenvalue weighted by Crippen LogP contribution is 1.93. The van der Waals surface area contributed by atoms with E-state index in [0.29, 0.717) is 25.8 Å².